The number of aromatic nitrogens is 2. The number of anilines is 1. The molecular formula is C27H35ClN4O2. The number of hydrogen-bond acceptors (Lipinski definition) is 4. The van der Waals surface area contributed by atoms with Crippen LogP contribution < -0.4 is 10.1 Å². The van der Waals surface area contributed by atoms with E-state index in [1.165, 1.54) is 5.56 Å². The highest BCUT2D eigenvalue weighted by Gasteiger charge is 2.13. The average molecular weight is 483 g/mol. The molecule has 3 aromatic rings. The molecule has 0 unspecified atom stereocenters. The van der Waals surface area contributed by atoms with Crippen molar-refractivity contribution in [1.82, 2.24) is 14.7 Å². The van der Waals surface area contributed by atoms with Crippen molar-refractivity contribution in [3.05, 3.63) is 75.9 Å². The molecule has 0 bridgehead atoms. The second-order valence-corrected chi connectivity index (χ2v) is 9.33. The van der Waals surface area contributed by atoms with Crippen molar-refractivity contribution in [1.29, 1.82) is 0 Å². The molecule has 0 saturated carbocycles. The van der Waals surface area contributed by atoms with Crippen LogP contribution in [0, 0.1) is 12.8 Å². The summed E-state index contributed by atoms with van der Waals surface area (Å²) in [4.78, 5) is 15.1. The molecule has 3 rings (SSSR count). The maximum atomic E-state index is 12.8. The average Bonchev–Trinajstić information content (AvgIpc) is 3.15. The van der Waals surface area contributed by atoms with Gasteiger partial charge >= 0.3 is 0 Å². The molecule has 0 fully saturated rings. The largest absolute Gasteiger partial charge is 0.493 e. The van der Waals surface area contributed by atoms with Crippen LogP contribution in [-0.2, 0) is 13.1 Å². The molecule has 0 radical (unpaired) electrons. The number of aryl methyl sites for hydroxylation is 1. The third-order valence-corrected chi connectivity index (χ3v) is 5.89. The van der Waals surface area contributed by atoms with Gasteiger partial charge in [-0.2, -0.15) is 5.10 Å². The highest BCUT2D eigenvalue weighted by atomic mass is 35.5. The lowest BCUT2D eigenvalue weighted by Gasteiger charge is -2.17. The van der Waals surface area contributed by atoms with Crippen LogP contribution in [0.15, 0.2) is 48.5 Å². The topological polar surface area (TPSA) is 59.4 Å². The van der Waals surface area contributed by atoms with Crippen molar-refractivity contribution in [3.8, 4) is 5.75 Å². The Hall–Kier alpha value is -2.83. The number of benzene rings is 2. The molecule has 34 heavy (non-hydrogen) atoms. The zero-order valence-electron chi connectivity index (χ0n) is 20.8. The lowest BCUT2D eigenvalue weighted by molar-refractivity contribution is 0.102. The molecule has 7 heteroatoms. The first-order valence-electron chi connectivity index (χ1n) is 11.9. The van der Waals surface area contributed by atoms with Crippen molar-refractivity contribution in [2.45, 2.75) is 47.7 Å². The number of amides is 1. The number of carbonyl (C=O) groups excluding carboxylic acids is 1. The van der Waals surface area contributed by atoms with Crippen LogP contribution in [0.4, 0.5) is 5.82 Å². The van der Waals surface area contributed by atoms with Crippen LogP contribution in [0.3, 0.4) is 0 Å². The Morgan fingerprint density at radius 3 is 2.47 bits per heavy atom. The van der Waals surface area contributed by atoms with Crippen molar-refractivity contribution < 1.29 is 9.53 Å². The Kier molecular flexibility index (Phi) is 9.13. The standard InChI is InChI=1S/C27H35ClN4O2/c1-6-31(7-2)16-21-8-10-22(11-9-21)27(33)29-26-14-20(5)32(30-26)17-23-15-24(28)12-13-25(23)34-18-19(3)4/h8-15,19H,6-7,16-18H2,1-5H3,(H,29,30,33). The molecule has 0 aliphatic rings. The second kappa shape index (κ2) is 12.0. The Labute approximate surface area is 207 Å². The summed E-state index contributed by atoms with van der Waals surface area (Å²) in [6, 6.07) is 15.2. The monoisotopic (exact) mass is 482 g/mol. The molecular weight excluding hydrogens is 448 g/mol. The number of nitrogens with zero attached hydrogens (tertiary/aromatic N) is 3. The van der Waals surface area contributed by atoms with Gasteiger partial charge < -0.3 is 10.1 Å². The molecule has 2 aromatic carbocycles. The van der Waals surface area contributed by atoms with Gasteiger partial charge in [0.25, 0.3) is 5.91 Å². The fourth-order valence-electron chi connectivity index (χ4n) is 3.62. The fraction of sp³-hybridized carbons (Fsp3) is 0.407. The van der Waals surface area contributed by atoms with Crippen LogP contribution in [-0.4, -0.2) is 40.3 Å². The summed E-state index contributed by atoms with van der Waals surface area (Å²) in [5.74, 6) is 1.55. The van der Waals surface area contributed by atoms with Gasteiger partial charge in [0.1, 0.15) is 5.75 Å². The van der Waals surface area contributed by atoms with Crippen LogP contribution in [0.5, 0.6) is 5.75 Å². The van der Waals surface area contributed by atoms with Crippen molar-refractivity contribution in [2.75, 3.05) is 25.0 Å². The summed E-state index contributed by atoms with van der Waals surface area (Å²) in [5.41, 5.74) is 3.67. The third-order valence-electron chi connectivity index (χ3n) is 5.65. The first kappa shape index (κ1) is 25.8. The van der Waals surface area contributed by atoms with Gasteiger partial charge in [0.05, 0.1) is 13.2 Å². The van der Waals surface area contributed by atoms with E-state index in [0.717, 1.165) is 36.6 Å². The molecule has 0 spiro atoms. The number of hydrogen-bond donors (Lipinski definition) is 1. The van der Waals surface area contributed by atoms with Gasteiger partial charge in [0.15, 0.2) is 5.82 Å². The van der Waals surface area contributed by atoms with E-state index in [9.17, 15) is 4.79 Å². The molecule has 6 nitrogen and oxygen atoms in total. The molecule has 0 aliphatic heterocycles. The molecule has 1 amide bonds. The normalized spacial score (nSPS) is 11.3. The molecule has 0 saturated heterocycles. The van der Waals surface area contributed by atoms with E-state index in [1.807, 2.05) is 60.1 Å². The summed E-state index contributed by atoms with van der Waals surface area (Å²) in [6.45, 7) is 14.5. The fourth-order valence-corrected chi connectivity index (χ4v) is 3.81. The van der Waals surface area contributed by atoms with Crippen LogP contribution in [0.2, 0.25) is 5.02 Å². The van der Waals surface area contributed by atoms with Crippen LogP contribution >= 0.6 is 11.6 Å². The smallest absolute Gasteiger partial charge is 0.256 e. The Bertz CT molecular complexity index is 1090. The van der Waals surface area contributed by atoms with E-state index in [0.29, 0.717) is 35.5 Å². The van der Waals surface area contributed by atoms with Crippen molar-refractivity contribution in [2.24, 2.45) is 5.92 Å². The van der Waals surface area contributed by atoms with Crippen LogP contribution in [0.1, 0.15) is 54.9 Å². The lowest BCUT2D eigenvalue weighted by atomic mass is 10.1. The summed E-state index contributed by atoms with van der Waals surface area (Å²) >= 11 is 6.24. The zero-order chi connectivity index (χ0) is 24.7. The van der Waals surface area contributed by atoms with E-state index in [2.05, 4.69) is 43.0 Å². The van der Waals surface area contributed by atoms with Gasteiger partial charge in [-0.25, -0.2) is 0 Å². The number of carbonyl (C=O) groups is 1. The number of nitrogens with one attached hydrogen (secondary N) is 1. The molecule has 1 aromatic heterocycles. The van der Waals surface area contributed by atoms with Gasteiger partial charge in [0.2, 0.25) is 0 Å². The maximum absolute atomic E-state index is 12.8. The number of halogens is 1. The van der Waals surface area contributed by atoms with E-state index < -0.39 is 0 Å². The Morgan fingerprint density at radius 1 is 1.12 bits per heavy atom. The lowest BCUT2D eigenvalue weighted by Crippen LogP contribution is -2.22. The first-order chi connectivity index (χ1) is 16.3. The minimum absolute atomic E-state index is 0.178. The highest BCUT2D eigenvalue weighted by molar-refractivity contribution is 6.30. The summed E-state index contributed by atoms with van der Waals surface area (Å²) in [5, 5.41) is 8.16. The Balaban J connectivity index is 1.68. The zero-order valence-corrected chi connectivity index (χ0v) is 21.5. The minimum atomic E-state index is -0.178. The number of ether oxygens (including phenoxy) is 1. The van der Waals surface area contributed by atoms with E-state index in [-0.39, 0.29) is 5.91 Å². The highest BCUT2D eigenvalue weighted by Crippen LogP contribution is 2.25. The summed E-state index contributed by atoms with van der Waals surface area (Å²) in [7, 11) is 0. The summed E-state index contributed by atoms with van der Waals surface area (Å²) in [6.07, 6.45) is 0. The minimum Gasteiger partial charge on any atom is -0.493 e. The molecule has 182 valence electrons. The molecule has 1 heterocycles. The Morgan fingerprint density at radius 2 is 1.82 bits per heavy atom. The maximum Gasteiger partial charge on any atom is 0.256 e. The second-order valence-electron chi connectivity index (χ2n) is 8.90. The van der Waals surface area contributed by atoms with Gasteiger partial charge in [-0.05, 0) is 61.8 Å². The van der Waals surface area contributed by atoms with Crippen LogP contribution in [0.25, 0.3) is 0 Å². The van der Waals surface area contributed by atoms with E-state index in [4.69, 9.17) is 16.3 Å². The van der Waals surface area contributed by atoms with Gasteiger partial charge in [0, 0.05) is 34.5 Å². The van der Waals surface area contributed by atoms with Gasteiger partial charge in [-0.15, -0.1) is 0 Å². The third kappa shape index (κ3) is 7.08. The SMILES string of the molecule is CCN(CC)Cc1ccc(C(=O)Nc2cc(C)n(Cc3cc(Cl)ccc3OCC(C)C)n2)cc1. The van der Waals surface area contributed by atoms with E-state index in [1.54, 1.807) is 0 Å². The van der Waals surface area contributed by atoms with E-state index >= 15 is 0 Å². The molecule has 1 N–H and O–H groups in total. The van der Waals surface area contributed by atoms with Gasteiger partial charge in [-0.1, -0.05) is 51.4 Å². The molecule has 0 aliphatic carbocycles. The van der Waals surface area contributed by atoms with Gasteiger partial charge in [-0.3, -0.25) is 14.4 Å². The quantitative estimate of drug-likeness (QED) is 0.363. The first-order valence-corrected chi connectivity index (χ1v) is 12.2. The van der Waals surface area contributed by atoms with Crippen molar-refractivity contribution in [3.63, 3.8) is 0 Å². The predicted octanol–water partition coefficient (Wildman–Crippen LogP) is 6.02. The summed E-state index contributed by atoms with van der Waals surface area (Å²) < 4.78 is 7.81. The number of rotatable bonds is 11. The molecule has 0 atom stereocenters. The predicted molar refractivity (Wildman–Crippen MR) is 139 cm³/mol. The van der Waals surface area contributed by atoms with Crippen molar-refractivity contribution >= 4 is 23.3 Å².